The molecule has 1 aromatic rings. The molecule has 14 heavy (non-hydrogen) atoms. The van der Waals surface area contributed by atoms with Crippen LogP contribution in [0.1, 0.15) is 25.3 Å². The third-order valence-electron chi connectivity index (χ3n) is 2.18. The second kappa shape index (κ2) is 4.03. The van der Waals surface area contributed by atoms with Crippen molar-refractivity contribution in [1.29, 1.82) is 0 Å². The van der Waals surface area contributed by atoms with Gasteiger partial charge in [0.1, 0.15) is 0 Å². The van der Waals surface area contributed by atoms with Crippen LogP contribution in [-0.4, -0.2) is 6.18 Å². The van der Waals surface area contributed by atoms with Crippen LogP contribution in [0.4, 0.5) is 13.2 Å². The van der Waals surface area contributed by atoms with E-state index in [-0.39, 0.29) is 0 Å². The lowest BCUT2D eigenvalue weighted by molar-refractivity contribution is -0.159. The van der Waals surface area contributed by atoms with E-state index in [4.69, 9.17) is 0 Å². The van der Waals surface area contributed by atoms with Crippen LogP contribution in [0.25, 0.3) is 0 Å². The van der Waals surface area contributed by atoms with E-state index in [9.17, 15) is 13.2 Å². The van der Waals surface area contributed by atoms with Crippen LogP contribution in [0.2, 0.25) is 0 Å². The molecule has 0 bridgehead atoms. The Hall–Kier alpha value is -0.990. The van der Waals surface area contributed by atoms with Gasteiger partial charge in [0, 0.05) is 0 Å². The quantitative estimate of drug-likeness (QED) is 0.680. The first-order valence-electron chi connectivity index (χ1n) is 4.54. The van der Waals surface area contributed by atoms with E-state index in [2.05, 4.69) is 0 Å². The van der Waals surface area contributed by atoms with Crippen LogP contribution in [0, 0.1) is 5.92 Å². The molecule has 0 heterocycles. The predicted octanol–water partition coefficient (Wildman–Crippen LogP) is 3.99. The number of hydrogen-bond donors (Lipinski definition) is 0. The zero-order valence-electron chi connectivity index (χ0n) is 8.18. The topological polar surface area (TPSA) is 0 Å². The molecule has 1 unspecified atom stereocenters. The van der Waals surface area contributed by atoms with E-state index in [0.717, 1.165) is 0 Å². The Bertz CT molecular complexity index is 274. The number of benzene rings is 1. The molecule has 0 aliphatic heterocycles. The van der Waals surface area contributed by atoms with E-state index >= 15 is 0 Å². The molecule has 0 amide bonds. The van der Waals surface area contributed by atoms with Gasteiger partial charge in [0.05, 0.1) is 5.92 Å². The first kappa shape index (κ1) is 11.1. The molecule has 0 aromatic heterocycles. The molecule has 0 nitrogen and oxygen atoms in total. The Labute approximate surface area is 81.8 Å². The average Bonchev–Trinajstić information content (AvgIpc) is 2.02. The second-order valence-corrected chi connectivity index (χ2v) is 3.67. The van der Waals surface area contributed by atoms with Gasteiger partial charge in [0.15, 0.2) is 0 Å². The molecule has 0 radical (unpaired) electrons. The Morgan fingerprint density at radius 1 is 1.00 bits per heavy atom. The summed E-state index contributed by atoms with van der Waals surface area (Å²) in [4.78, 5) is 0. The zero-order valence-corrected chi connectivity index (χ0v) is 8.18. The van der Waals surface area contributed by atoms with Gasteiger partial charge in [-0.1, -0.05) is 44.2 Å². The summed E-state index contributed by atoms with van der Waals surface area (Å²) in [5.41, 5.74) is 0.343. The van der Waals surface area contributed by atoms with Crippen molar-refractivity contribution >= 4 is 0 Å². The Balaban J connectivity index is 3.02. The Morgan fingerprint density at radius 2 is 1.50 bits per heavy atom. The summed E-state index contributed by atoms with van der Waals surface area (Å²) in [6.45, 7) is 3.18. The van der Waals surface area contributed by atoms with Crippen LogP contribution >= 0.6 is 0 Å². The maximum atomic E-state index is 12.7. The predicted molar refractivity (Wildman–Crippen MR) is 50.1 cm³/mol. The molecule has 0 N–H and O–H groups in total. The van der Waals surface area contributed by atoms with E-state index in [1.165, 1.54) is 12.1 Å². The molecule has 0 spiro atoms. The van der Waals surface area contributed by atoms with Gasteiger partial charge in [0.25, 0.3) is 0 Å². The summed E-state index contributed by atoms with van der Waals surface area (Å²) in [5, 5.41) is 0. The highest BCUT2D eigenvalue weighted by molar-refractivity contribution is 5.21. The molecule has 1 atom stereocenters. The first-order valence-corrected chi connectivity index (χ1v) is 4.54. The van der Waals surface area contributed by atoms with E-state index in [1.807, 2.05) is 0 Å². The molecule has 0 aliphatic rings. The molecule has 0 aliphatic carbocycles. The molecular formula is C11H13F3. The summed E-state index contributed by atoms with van der Waals surface area (Å²) in [6.07, 6.45) is -4.16. The lowest BCUT2D eigenvalue weighted by Crippen LogP contribution is -2.25. The summed E-state index contributed by atoms with van der Waals surface area (Å²) in [7, 11) is 0. The highest BCUT2D eigenvalue weighted by Crippen LogP contribution is 2.39. The largest absolute Gasteiger partial charge is 0.395 e. The van der Waals surface area contributed by atoms with E-state index in [0.29, 0.717) is 5.56 Å². The molecule has 0 saturated heterocycles. The lowest BCUT2D eigenvalue weighted by atomic mass is 9.88. The highest BCUT2D eigenvalue weighted by atomic mass is 19.4. The van der Waals surface area contributed by atoms with Crippen molar-refractivity contribution in [1.82, 2.24) is 0 Å². The number of halogens is 3. The molecule has 78 valence electrons. The molecule has 3 heteroatoms. The van der Waals surface area contributed by atoms with Crippen molar-refractivity contribution in [2.75, 3.05) is 0 Å². The molecule has 0 saturated carbocycles. The molecule has 0 fully saturated rings. The van der Waals surface area contributed by atoms with Gasteiger partial charge >= 0.3 is 6.18 Å². The fourth-order valence-electron chi connectivity index (χ4n) is 1.61. The summed E-state index contributed by atoms with van der Waals surface area (Å²) in [6, 6.07) is 8.04. The van der Waals surface area contributed by atoms with Crippen molar-refractivity contribution in [3.8, 4) is 0 Å². The van der Waals surface area contributed by atoms with E-state index < -0.39 is 18.0 Å². The van der Waals surface area contributed by atoms with Crippen molar-refractivity contribution in [2.24, 2.45) is 5.92 Å². The smallest absolute Gasteiger partial charge is 0.170 e. The summed E-state index contributed by atoms with van der Waals surface area (Å²) >= 11 is 0. The fraction of sp³-hybridized carbons (Fsp3) is 0.455. The molecule has 1 aromatic carbocycles. The maximum absolute atomic E-state index is 12.7. The van der Waals surface area contributed by atoms with Crippen molar-refractivity contribution in [2.45, 2.75) is 25.9 Å². The monoisotopic (exact) mass is 202 g/mol. The minimum absolute atomic E-state index is 0.343. The third-order valence-corrected chi connectivity index (χ3v) is 2.18. The third kappa shape index (κ3) is 2.50. The van der Waals surface area contributed by atoms with Gasteiger partial charge in [0.2, 0.25) is 0 Å². The minimum atomic E-state index is -4.16. The zero-order chi connectivity index (χ0) is 10.8. The van der Waals surface area contributed by atoms with Crippen LogP contribution in [0.15, 0.2) is 30.3 Å². The second-order valence-electron chi connectivity index (χ2n) is 3.67. The van der Waals surface area contributed by atoms with Crippen molar-refractivity contribution in [3.05, 3.63) is 35.9 Å². The van der Waals surface area contributed by atoms with Crippen LogP contribution < -0.4 is 0 Å². The van der Waals surface area contributed by atoms with Gasteiger partial charge in [-0.25, -0.2) is 0 Å². The maximum Gasteiger partial charge on any atom is 0.395 e. The first-order chi connectivity index (χ1) is 6.43. The van der Waals surface area contributed by atoms with Crippen LogP contribution in [0.3, 0.4) is 0 Å². The van der Waals surface area contributed by atoms with Crippen molar-refractivity contribution in [3.63, 3.8) is 0 Å². The SMILES string of the molecule is CC(C)C(c1ccccc1)C(F)(F)F. The summed E-state index contributed by atoms with van der Waals surface area (Å²) in [5.74, 6) is -1.79. The van der Waals surface area contributed by atoms with Gasteiger partial charge in [-0.3, -0.25) is 0 Å². The van der Waals surface area contributed by atoms with Gasteiger partial charge in [-0.05, 0) is 11.5 Å². The Kier molecular flexibility index (Phi) is 3.19. The highest BCUT2D eigenvalue weighted by Gasteiger charge is 2.42. The van der Waals surface area contributed by atoms with Crippen LogP contribution in [0.5, 0.6) is 0 Å². The fourth-order valence-corrected chi connectivity index (χ4v) is 1.61. The number of hydrogen-bond acceptors (Lipinski definition) is 0. The van der Waals surface area contributed by atoms with Crippen LogP contribution in [-0.2, 0) is 0 Å². The van der Waals surface area contributed by atoms with Crippen molar-refractivity contribution < 1.29 is 13.2 Å². The average molecular weight is 202 g/mol. The number of rotatable bonds is 2. The normalized spacial score (nSPS) is 14.4. The number of alkyl halides is 3. The van der Waals surface area contributed by atoms with Gasteiger partial charge < -0.3 is 0 Å². The standard InChI is InChI=1S/C11H13F3/c1-8(2)10(11(12,13)14)9-6-4-3-5-7-9/h3-8,10H,1-2H3. The lowest BCUT2D eigenvalue weighted by Gasteiger charge is -2.24. The molecular weight excluding hydrogens is 189 g/mol. The summed E-state index contributed by atoms with van der Waals surface area (Å²) < 4.78 is 38.0. The minimum Gasteiger partial charge on any atom is -0.170 e. The van der Waals surface area contributed by atoms with E-state index in [1.54, 1.807) is 32.0 Å². The molecule has 1 rings (SSSR count). The van der Waals surface area contributed by atoms with Gasteiger partial charge in [-0.2, -0.15) is 13.2 Å². The van der Waals surface area contributed by atoms with Gasteiger partial charge in [-0.15, -0.1) is 0 Å². The Morgan fingerprint density at radius 3 is 1.86 bits per heavy atom.